The van der Waals surface area contributed by atoms with Crippen LogP contribution in [-0.4, -0.2) is 194 Å². The number of carbonyl (C=O) groups is 1. The molecule has 0 spiro atoms. The molecule has 550 valence electrons. The van der Waals surface area contributed by atoms with E-state index in [1.54, 1.807) is 14.2 Å². The van der Waals surface area contributed by atoms with Gasteiger partial charge >= 0.3 is 5.97 Å². The van der Waals surface area contributed by atoms with Crippen molar-refractivity contribution in [1.82, 2.24) is 18.9 Å². The Balaban J connectivity index is 1.28. The summed E-state index contributed by atoms with van der Waals surface area (Å²) in [5, 5.41) is 9.05. The number of sulfonamides is 4. The molecule has 0 radical (unpaired) electrons. The molecule has 23 nitrogen and oxygen atoms in total. The van der Waals surface area contributed by atoms with Gasteiger partial charge in [0.2, 0.25) is 40.1 Å². The zero-order chi connectivity index (χ0) is 71.2. The van der Waals surface area contributed by atoms with E-state index < -0.39 is 63.7 Å². The summed E-state index contributed by atoms with van der Waals surface area (Å²) in [5.74, 6) is -1.00. The zero-order valence-electron chi connectivity index (χ0n) is 58.2. The number of aliphatic carboxylic acids is 1. The topological polar surface area (TPSA) is 305 Å². The number of methoxy groups -OCH3 is 2. The maximum absolute atomic E-state index is 13.7. The number of fused-ring (bicyclic) bond motifs is 6. The second kappa shape index (κ2) is 41.1. The lowest BCUT2D eigenvalue weighted by molar-refractivity contribution is -0.137. The van der Waals surface area contributed by atoms with Crippen LogP contribution in [0.3, 0.4) is 0 Å². The van der Waals surface area contributed by atoms with Crippen molar-refractivity contribution in [3.05, 3.63) is 125 Å². The third-order valence-electron chi connectivity index (χ3n) is 17.2. The van der Waals surface area contributed by atoms with Crippen LogP contribution in [-0.2, 0) is 88.2 Å². The van der Waals surface area contributed by atoms with Gasteiger partial charge in [-0.25, -0.2) is 52.6 Å². The molecule has 3 atom stereocenters. The molecule has 3 unspecified atom stereocenters. The Morgan fingerprint density at radius 1 is 0.424 bits per heavy atom. The second-order valence-corrected chi connectivity index (χ2v) is 32.6. The SMILES string of the molecule is CCCOCCNS(=O)(=O)CCCOC1c2cc(-c3ccc4c(c3)C(CCCS(=O)(=O)NCCOCCC)(CCCS(=O)(=O)NCCOCCOC)c3cc(C)ccc3-4)ccc2-c2ccc(-c3ccc(OCCCCCC(=O)O)cc3)cc2C1OCCCS(=O)(=O)NCCOCCOC. The van der Waals surface area contributed by atoms with Crippen molar-refractivity contribution >= 4 is 46.1 Å². The summed E-state index contributed by atoms with van der Waals surface area (Å²) in [6.45, 7) is 10.0. The quantitative estimate of drug-likeness (QED) is 0.0226. The van der Waals surface area contributed by atoms with Crippen LogP contribution in [0.15, 0.2) is 97.1 Å². The van der Waals surface area contributed by atoms with E-state index in [1.807, 2.05) is 81.4 Å². The van der Waals surface area contributed by atoms with Crippen LogP contribution in [0.4, 0.5) is 0 Å². The van der Waals surface area contributed by atoms with Gasteiger partial charge in [-0.05, 0) is 175 Å². The van der Waals surface area contributed by atoms with Crippen molar-refractivity contribution in [1.29, 1.82) is 0 Å². The van der Waals surface area contributed by atoms with Crippen LogP contribution in [0.2, 0.25) is 0 Å². The Hall–Kier alpha value is -5.31. The number of carboxylic acids is 1. The summed E-state index contributed by atoms with van der Waals surface area (Å²) in [5.41, 5.74) is 10.5. The molecule has 27 heteroatoms. The molecule has 0 fully saturated rings. The number of carboxylic acid groups (broad SMARTS) is 1. The molecule has 0 aromatic heterocycles. The monoisotopic (exact) mass is 1460 g/mol. The van der Waals surface area contributed by atoms with Gasteiger partial charge in [-0.3, -0.25) is 4.79 Å². The Morgan fingerprint density at radius 3 is 1.28 bits per heavy atom. The molecule has 7 rings (SSSR count). The lowest BCUT2D eigenvalue weighted by atomic mass is 9.71. The highest BCUT2D eigenvalue weighted by Gasteiger charge is 2.44. The van der Waals surface area contributed by atoms with Crippen molar-refractivity contribution < 1.29 is 86.2 Å². The molecule has 5 aromatic carbocycles. The van der Waals surface area contributed by atoms with Gasteiger partial charge in [0, 0.05) is 78.7 Å². The average molecular weight is 1460 g/mol. The lowest BCUT2D eigenvalue weighted by Crippen LogP contribution is -2.33. The van der Waals surface area contributed by atoms with Crippen LogP contribution in [0.25, 0.3) is 44.5 Å². The number of nitrogens with one attached hydrogen (secondary N) is 4. The smallest absolute Gasteiger partial charge is 0.303 e. The first-order valence-electron chi connectivity index (χ1n) is 34.6. The molecular formula is C72H104N4O19S4. The Kier molecular flexibility index (Phi) is 33.6. The molecule has 2 aliphatic rings. The maximum atomic E-state index is 13.7. The van der Waals surface area contributed by atoms with Gasteiger partial charge in [0.1, 0.15) is 18.0 Å². The van der Waals surface area contributed by atoms with Gasteiger partial charge in [-0.2, -0.15) is 0 Å². The van der Waals surface area contributed by atoms with E-state index in [1.165, 1.54) is 0 Å². The van der Waals surface area contributed by atoms with Gasteiger partial charge in [0.15, 0.2) is 0 Å². The molecule has 2 aliphatic carbocycles. The summed E-state index contributed by atoms with van der Waals surface area (Å²) in [6.07, 6.45) is 3.46. The fourth-order valence-corrected chi connectivity index (χ4v) is 16.7. The van der Waals surface area contributed by atoms with Crippen molar-refractivity contribution in [3.63, 3.8) is 0 Å². The van der Waals surface area contributed by atoms with Crippen molar-refractivity contribution in [2.75, 3.05) is 149 Å². The third kappa shape index (κ3) is 25.9. The highest BCUT2D eigenvalue weighted by molar-refractivity contribution is 7.90. The summed E-state index contributed by atoms with van der Waals surface area (Å²) >= 11 is 0. The first-order valence-corrected chi connectivity index (χ1v) is 41.2. The average Bonchev–Trinajstić information content (AvgIpc) is 1.66. The first-order chi connectivity index (χ1) is 47.6. The van der Waals surface area contributed by atoms with E-state index in [9.17, 15) is 38.5 Å². The summed E-state index contributed by atoms with van der Waals surface area (Å²) in [7, 11) is -11.9. The first kappa shape index (κ1) is 81.0. The highest BCUT2D eigenvalue weighted by Crippen LogP contribution is 2.56. The Bertz CT molecular complexity index is 3790. The lowest BCUT2D eigenvalue weighted by Gasteiger charge is -2.36. The van der Waals surface area contributed by atoms with Crippen LogP contribution in [0, 0.1) is 6.92 Å². The highest BCUT2D eigenvalue weighted by atomic mass is 32.2. The molecule has 0 bridgehead atoms. The Morgan fingerprint density at radius 2 is 0.828 bits per heavy atom. The van der Waals surface area contributed by atoms with Crippen LogP contribution >= 0.6 is 0 Å². The van der Waals surface area contributed by atoms with Crippen LogP contribution < -0.4 is 23.6 Å². The van der Waals surface area contributed by atoms with E-state index >= 15 is 0 Å². The van der Waals surface area contributed by atoms with Gasteiger partial charge in [0.05, 0.1) is 82.5 Å². The van der Waals surface area contributed by atoms with Gasteiger partial charge in [0.25, 0.3) is 0 Å². The number of aryl methyl sites for hydroxylation is 1. The molecule has 99 heavy (non-hydrogen) atoms. The second-order valence-electron chi connectivity index (χ2n) is 24.9. The molecular weight excluding hydrogens is 1350 g/mol. The predicted molar refractivity (Wildman–Crippen MR) is 385 cm³/mol. The molecule has 0 aliphatic heterocycles. The van der Waals surface area contributed by atoms with E-state index in [2.05, 4.69) is 55.3 Å². The number of rotatable bonds is 53. The van der Waals surface area contributed by atoms with E-state index in [0.717, 1.165) is 91.6 Å². The fourth-order valence-electron chi connectivity index (χ4n) is 12.5. The number of ether oxygens (including phenoxy) is 9. The molecule has 0 amide bonds. The standard InChI is InChI=1S/C72H104N4O19S4/c1-6-34-89-39-30-73-96(79,80)47-11-28-72(29-12-48-97(81,82)74-32-41-91-45-43-87-4)67-51-55(3)16-24-63(67)64-27-21-59(54-68(64)72)58-20-26-62-61-25-19-57(56-17-22-60(23-18-56)93-36-10-8-9-15-69(77)78)52-65(61)70(94-37-13-50-99(85,86)76-33-42-92-46-44-88-5)71(66(62)53-58)95-38-14-49-98(83,84)75-31-40-90-35-7-2/h16-27,51-54,70-71,73-76H,6-15,28-50H2,1-5H3,(H,77,78). The summed E-state index contributed by atoms with van der Waals surface area (Å²) in [6, 6.07) is 32.5. The normalized spacial score (nSPS) is 16.0. The van der Waals surface area contributed by atoms with Crippen molar-refractivity contribution in [2.45, 2.75) is 115 Å². The van der Waals surface area contributed by atoms with E-state index in [-0.39, 0.29) is 121 Å². The van der Waals surface area contributed by atoms with Gasteiger partial charge < -0.3 is 47.7 Å². The molecule has 5 N–H and O–H groups in total. The van der Waals surface area contributed by atoms with Crippen LogP contribution in [0.5, 0.6) is 5.75 Å². The van der Waals surface area contributed by atoms with Crippen LogP contribution in [0.1, 0.15) is 131 Å². The van der Waals surface area contributed by atoms with Gasteiger partial charge in [-0.15, -0.1) is 0 Å². The molecule has 0 heterocycles. The van der Waals surface area contributed by atoms with Crippen molar-refractivity contribution in [3.8, 4) is 50.3 Å². The Labute approximate surface area is 587 Å². The minimum Gasteiger partial charge on any atom is -0.494 e. The maximum Gasteiger partial charge on any atom is 0.303 e. The third-order valence-corrected chi connectivity index (χ3v) is 23.1. The summed E-state index contributed by atoms with van der Waals surface area (Å²) < 4.78 is 171. The molecule has 5 aromatic rings. The largest absolute Gasteiger partial charge is 0.494 e. The number of hydrogen-bond donors (Lipinski definition) is 5. The molecule has 0 saturated heterocycles. The van der Waals surface area contributed by atoms with Gasteiger partial charge in [-0.1, -0.05) is 86.1 Å². The molecule has 0 saturated carbocycles. The number of benzene rings is 5. The van der Waals surface area contributed by atoms with E-state index in [4.69, 9.17) is 47.7 Å². The number of hydrogen-bond acceptors (Lipinski definition) is 18. The number of unbranched alkanes of at least 4 members (excludes halogenated alkanes) is 2. The fraction of sp³-hybridized carbons (Fsp3) is 0.569. The summed E-state index contributed by atoms with van der Waals surface area (Å²) in [4.78, 5) is 11.0. The minimum absolute atomic E-state index is 0.00640. The minimum atomic E-state index is -3.77. The zero-order valence-corrected chi connectivity index (χ0v) is 61.4. The van der Waals surface area contributed by atoms with Crippen molar-refractivity contribution in [2.24, 2.45) is 0 Å². The van der Waals surface area contributed by atoms with E-state index in [0.29, 0.717) is 77.7 Å². The predicted octanol–water partition coefficient (Wildman–Crippen LogP) is 9.61.